The lowest BCUT2D eigenvalue weighted by molar-refractivity contribution is -0.125. The minimum absolute atomic E-state index is 0. The van der Waals surface area contributed by atoms with Gasteiger partial charge in [-0.2, -0.15) is 0 Å². The number of nitrogens with one attached hydrogen (secondary N) is 1. The second kappa shape index (κ2) is 11.4. The van der Waals surface area contributed by atoms with Crippen molar-refractivity contribution in [2.24, 2.45) is 11.7 Å². The Hall–Kier alpha value is -1.13. The van der Waals surface area contributed by atoms with E-state index in [9.17, 15) is 9.18 Å². The zero-order valence-corrected chi connectivity index (χ0v) is 14.3. The fourth-order valence-corrected chi connectivity index (χ4v) is 2.25. The lowest BCUT2D eigenvalue weighted by Crippen LogP contribution is -2.42. The minimum Gasteiger partial charge on any atom is -0.352 e. The first-order valence-corrected chi connectivity index (χ1v) is 7.82. The minimum atomic E-state index is -0.201. The fraction of sp³-hybridized carbons (Fsp3) is 0.588. The van der Waals surface area contributed by atoms with Gasteiger partial charge in [0.2, 0.25) is 5.91 Å². The highest BCUT2D eigenvalue weighted by atomic mass is 35.5. The number of hydrogen-bond donors (Lipinski definition) is 2. The molecular weight excluding hydrogens is 303 g/mol. The molecule has 0 aliphatic rings. The van der Waals surface area contributed by atoms with Crippen LogP contribution in [-0.2, 0) is 11.2 Å². The smallest absolute Gasteiger partial charge is 0.223 e. The number of unbranched alkanes of at least 4 members (excludes halogenated alkanes) is 1. The van der Waals surface area contributed by atoms with Crippen molar-refractivity contribution < 1.29 is 9.18 Å². The Morgan fingerprint density at radius 1 is 1.32 bits per heavy atom. The highest BCUT2D eigenvalue weighted by molar-refractivity contribution is 5.85. The summed E-state index contributed by atoms with van der Waals surface area (Å²) in [5, 5.41) is 2.99. The molecule has 1 aromatic carbocycles. The summed E-state index contributed by atoms with van der Waals surface area (Å²) in [6.45, 7) is 4.46. The van der Waals surface area contributed by atoms with E-state index >= 15 is 0 Å². The molecule has 1 aromatic rings. The largest absolute Gasteiger partial charge is 0.352 e. The van der Waals surface area contributed by atoms with Gasteiger partial charge in [0.05, 0.1) is 0 Å². The van der Waals surface area contributed by atoms with Crippen LogP contribution in [0.3, 0.4) is 0 Å². The van der Waals surface area contributed by atoms with Crippen LogP contribution < -0.4 is 11.1 Å². The molecule has 0 spiro atoms. The summed E-state index contributed by atoms with van der Waals surface area (Å²) in [5.74, 6) is -0.328. The molecule has 1 rings (SSSR count). The van der Waals surface area contributed by atoms with Gasteiger partial charge in [-0.15, -0.1) is 12.4 Å². The second-order valence-electron chi connectivity index (χ2n) is 5.61. The van der Waals surface area contributed by atoms with E-state index in [0.717, 1.165) is 19.3 Å². The molecule has 5 heteroatoms. The molecule has 22 heavy (non-hydrogen) atoms. The van der Waals surface area contributed by atoms with Gasteiger partial charge in [0.15, 0.2) is 0 Å². The third kappa shape index (κ3) is 7.23. The molecule has 0 heterocycles. The molecule has 0 fully saturated rings. The summed E-state index contributed by atoms with van der Waals surface area (Å²) in [6.07, 6.45) is 4.28. The number of benzene rings is 1. The molecule has 0 radical (unpaired) electrons. The molecule has 2 unspecified atom stereocenters. The van der Waals surface area contributed by atoms with E-state index in [1.54, 1.807) is 12.1 Å². The van der Waals surface area contributed by atoms with Crippen molar-refractivity contribution in [2.45, 2.75) is 52.0 Å². The number of carbonyl (C=O) groups is 1. The first kappa shape index (κ1) is 20.9. The summed E-state index contributed by atoms with van der Waals surface area (Å²) in [4.78, 5) is 12.1. The molecule has 2 atom stereocenters. The third-order valence-corrected chi connectivity index (χ3v) is 3.79. The molecule has 0 saturated heterocycles. The van der Waals surface area contributed by atoms with Crippen LogP contribution in [0.15, 0.2) is 24.3 Å². The van der Waals surface area contributed by atoms with E-state index in [1.165, 1.54) is 6.07 Å². The maximum absolute atomic E-state index is 13.5. The first-order chi connectivity index (χ1) is 10.1. The summed E-state index contributed by atoms with van der Waals surface area (Å²) >= 11 is 0. The van der Waals surface area contributed by atoms with Crippen molar-refractivity contribution in [3.63, 3.8) is 0 Å². The highest BCUT2D eigenvalue weighted by Gasteiger charge is 2.17. The van der Waals surface area contributed by atoms with Gasteiger partial charge in [0, 0.05) is 18.5 Å². The molecule has 0 aromatic heterocycles. The Balaban J connectivity index is 0.00000441. The summed E-state index contributed by atoms with van der Waals surface area (Å²) < 4.78 is 13.5. The average molecular weight is 331 g/mol. The Bertz CT molecular complexity index is 442. The van der Waals surface area contributed by atoms with Crippen molar-refractivity contribution in [2.75, 3.05) is 6.54 Å². The van der Waals surface area contributed by atoms with E-state index < -0.39 is 0 Å². The van der Waals surface area contributed by atoms with E-state index in [-0.39, 0.29) is 36.1 Å². The number of amides is 1. The number of nitrogens with two attached hydrogens (primary N) is 1. The van der Waals surface area contributed by atoms with Crippen LogP contribution in [0.25, 0.3) is 0 Å². The summed E-state index contributed by atoms with van der Waals surface area (Å²) in [6, 6.07) is 6.76. The Labute approximate surface area is 139 Å². The number of aryl methyl sites for hydroxylation is 1. The van der Waals surface area contributed by atoms with Crippen molar-refractivity contribution >= 4 is 18.3 Å². The van der Waals surface area contributed by atoms with Crippen LogP contribution >= 0.6 is 12.4 Å². The van der Waals surface area contributed by atoms with Gasteiger partial charge in [-0.05, 0) is 30.9 Å². The monoisotopic (exact) mass is 330 g/mol. The van der Waals surface area contributed by atoms with Gasteiger partial charge in [-0.25, -0.2) is 4.39 Å². The van der Waals surface area contributed by atoms with Crippen LogP contribution in [0.5, 0.6) is 0 Å². The predicted octanol–water partition coefficient (Wildman–Crippen LogP) is 3.45. The van der Waals surface area contributed by atoms with Crippen LogP contribution in [0, 0.1) is 11.7 Å². The lowest BCUT2D eigenvalue weighted by atomic mass is 9.99. The zero-order chi connectivity index (χ0) is 15.7. The van der Waals surface area contributed by atoms with Gasteiger partial charge in [0.1, 0.15) is 5.82 Å². The normalized spacial score (nSPS) is 13.1. The Morgan fingerprint density at radius 2 is 2.00 bits per heavy atom. The van der Waals surface area contributed by atoms with Gasteiger partial charge in [-0.1, -0.05) is 44.9 Å². The molecule has 3 nitrogen and oxygen atoms in total. The van der Waals surface area contributed by atoms with Crippen LogP contribution in [0.1, 0.15) is 45.1 Å². The van der Waals surface area contributed by atoms with Crippen molar-refractivity contribution in [1.29, 1.82) is 0 Å². The Morgan fingerprint density at radius 3 is 2.59 bits per heavy atom. The average Bonchev–Trinajstić information content (AvgIpc) is 2.50. The van der Waals surface area contributed by atoms with Crippen molar-refractivity contribution in [1.82, 2.24) is 5.32 Å². The number of halogens is 2. The van der Waals surface area contributed by atoms with Crippen LogP contribution in [-0.4, -0.2) is 18.5 Å². The SMILES string of the molecule is CCCCC(CN)NC(=O)C(C)CCc1ccccc1F.Cl. The molecule has 0 bridgehead atoms. The molecule has 3 N–H and O–H groups in total. The van der Waals surface area contributed by atoms with Gasteiger partial charge in [-0.3, -0.25) is 4.79 Å². The zero-order valence-electron chi connectivity index (χ0n) is 13.5. The number of rotatable bonds is 9. The van der Waals surface area contributed by atoms with Gasteiger partial charge >= 0.3 is 0 Å². The number of hydrogen-bond acceptors (Lipinski definition) is 2. The summed E-state index contributed by atoms with van der Waals surface area (Å²) in [7, 11) is 0. The molecule has 0 aliphatic heterocycles. The third-order valence-electron chi connectivity index (χ3n) is 3.79. The topological polar surface area (TPSA) is 55.1 Å². The fourth-order valence-electron chi connectivity index (χ4n) is 2.25. The molecule has 126 valence electrons. The maximum Gasteiger partial charge on any atom is 0.223 e. The van der Waals surface area contributed by atoms with Crippen molar-refractivity contribution in [3.05, 3.63) is 35.6 Å². The highest BCUT2D eigenvalue weighted by Crippen LogP contribution is 2.13. The van der Waals surface area contributed by atoms with Crippen LogP contribution in [0.2, 0.25) is 0 Å². The number of carbonyl (C=O) groups excluding carboxylic acids is 1. The molecule has 0 aliphatic carbocycles. The summed E-state index contributed by atoms with van der Waals surface area (Å²) in [5.41, 5.74) is 6.35. The van der Waals surface area contributed by atoms with E-state index in [0.29, 0.717) is 24.9 Å². The van der Waals surface area contributed by atoms with Gasteiger partial charge < -0.3 is 11.1 Å². The van der Waals surface area contributed by atoms with E-state index in [2.05, 4.69) is 12.2 Å². The molecule has 1 amide bonds. The quantitative estimate of drug-likeness (QED) is 0.728. The predicted molar refractivity (Wildman–Crippen MR) is 91.6 cm³/mol. The van der Waals surface area contributed by atoms with E-state index in [1.807, 2.05) is 13.0 Å². The first-order valence-electron chi connectivity index (χ1n) is 7.82. The molecule has 0 saturated carbocycles. The second-order valence-corrected chi connectivity index (χ2v) is 5.61. The maximum atomic E-state index is 13.5. The standard InChI is InChI=1S/C17H27FN2O.ClH/c1-3-4-8-15(12-19)20-17(21)13(2)10-11-14-7-5-6-9-16(14)18;/h5-7,9,13,15H,3-4,8,10-12,19H2,1-2H3,(H,20,21);1H. The van der Waals surface area contributed by atoms with Crippen molar-refractivity contribution in [3.8, 4) is 0 Å². The Kier molecular flexibility index (Phi) is 10.9. The van der Waals surface area contributed by atoms with Crippen LogP contribution in [0.4, 0.5) is 4.39 Å². The molecular formula is C17H28ClFN2O. The van der Waals surface area contributed by atoms with Gasteiger partial charge in [0.25, 0.3) is 0 Å². The lowest BCUT2D eigenvalue weighted by Gasteiger charge is -2.19. The van der Waals surface area contributed by atoms with E-state index in [4.69, 9.17) is 5.73 Å².